The van der Waals surface area contributed by atoms with Gasteiger partial charge in [-0.2, -0.15) is 5.10 Å². The summed E-state index contributed by atoms with van der Waals surface area (Å²) in [6, 6.07) is 14.0. The number of amidine groups is 1. The van der Waals surface area contributed by atoms with Crippen LogP contribution in [0.2, 0.25) is 0 Å². The zero-order valence-electron chi connectivity index (χ0n) is 19.2. The Bertz CT molecular complexity index is 880. The second-order valence-electron chi connectivity index (χ2n) is 7.72. The van der Waals surface area contributed by atoms with Crippen LogP contribution < -0.4 is 28.5 Å². The predicted octanol–water partition coefficient (Wildman–Crippen LogP) is 2.69. The third-order valence-electron chi connectivity index (χ3n) is 4.98. The first-order chi connectivity index (χ1) is 15.7. The van der Waals surface area contributed by atoms with E-state index in [9.17, 15) is 9.18 Å². The molecule has 33 heavy (non-hydrogen) atoms. The van der Waals surface area contributed by atoms with Crippen LogP contribution in [0.1, 0.15) is 38.7 Å². The Morgan fingerprint density at radius 1 is 1.24 bits per heavy atom. The molecule has 0 heterocycles. The summed E-state index contributed by atoms with van der Waals surface area (Å²) in [7, 11) is 0. The monoisotopic (exact) mass is 461 g/mol. The Morgan fingerprint density at radius 2 is 1.91 bits per heavy atom. The molecule has 0 aliphatic carbocycles. The van der Waals surface area contributed by atoms with Crippen LogP contribution in [0.15, 0.2) is 53.6 Å². The first-order valence-electron chi connectivity index (χ1n) is 10.8. The summed E-state index contributed by atoms with van der Waals surface area (Å²) in [6.45, 7) is 4.67. The first-order valence-corrected chi connectivity index (χ1v) is 10.8. The third kappa shape index (κ3) is 10.7. The second-order valence-corrected chi connectivity index (χ2v) is 7.72. The minimum absolute atomic E-state index is 0.0409. The number of nitrogen functional groups attached to an aromatic ring is 1. The van der Waals surface area contributed by atoms with Crippen LogP contribution in [-0.4, -0.2) is 34.5 Å². The van der Waals surface area contributed by atoms with E-state index >= 15 is 0 Å². The van der Waals surface area contributed by atoms with Crippen LogP contribution in [-0.2, 0) is 11.3 Å². The van der Waals surface area contributed by atoms with Gasteiger partial charge in [-0.25, -0.2) is 10.2 Å². The lowest BCUT2D eigenvalue weighted by atomic mass is 10.1. The molecule has 2 atom stereocenters. The Balaban J connectivity index is 0.000000331. The summed E-state index contributed by atoms with van der Waals surface area (Å²) in [4.78, 5) is 10.6. The molecule has 9 nitrogen and oxygen atoms in total. The molecule has 0 spiro atoms. The van der Waals surface area contributed by atoms with Crippen molar-refractivity contribution in [2.24, 2.45) is 28.4 Å². The molecular formula is C23H36FN7O2. The number of hydrogen-bond acceptors (Lipinski definition) is 7. The fourth-order valence-electron chi connectivity index (χ4n) is 2.72. The van der Waals surface area contributed by atoms with Crippen molar-refractivity contribution in [1.29, 1.82) is 0 Å². The lowest BCUT2D eigenvalue weighted by Gasteiger charge is -2.22. The summed E-state index contributed by atoms with van der Waals surface area (Å²) in [5, 5.41) is 16.8. The largest absolute Gasteiger partial charge is 0.481 e. The molecule has 0 saturated carbocycles. The molecule has 0 bridgehead atoms. The zero-order valence-corrected chi connectivity index (χ0v) is 19.2. The van der Waals surface area contributed by atoms with E-state index in [1.165, 1.54) is 18.2 Å². The highest BCUT2D eigenvalue weighted by Gasteiger charge is 2.12. The number of carboxylic acids is 1. The number of anilines is 2. The third-order valence-corrected chi connectivity index (χ3v) is 4.98. The van der Waals surface area contributed by atoms with Crippen molar-refractivity contribution in [2.75, 3.05) is 17.6 Å². The number of hydrazone groups is 1. The highest BCUT2D eigenvalue weighted by molar-refractivity contribution is 5.82. The summed E-state index contributed by atoms with van der Waals surface area (Å²) in [6.07, 6.45) is 1.93. The Kier molecular flexibility index (Phi) is 12.3. The number of aliphatic carboxylic acids is 1. The molecule has 2 aromatic carbocycles. The highest BCUT2D eigenvalue weighted by Crippen LogP contribution is 2.19. The highest BCUT2D eigenvalue weighted by atomic mass is 19.1. The maximum absolute atomic E-state index is 12.9. The number of halogens is 1. The molecule has 0 radical (unpaired) electrons. The first kappa shape index (κ1) is 27.7. The van der Waals surface area contributed by atoms with Crippen LogP contribution in [0.5, 0.6) is 0 Å². The lowest BCUT2D eigenvalue weighted by Crippen LogP contribution is -2.40. The van der Waals surface area contributed by atoms with Gasteiger partial charge in [-0.1, -0.05) is 44.2 Å². The fraction of sp³-hybridized carbons (Fsp3) is 0.391. The Morgan fingerprint density at radius 3 is 2.48 bits per heavy atom. The normalized spacial score (nSPS) is 12.8. The molecule has 182 valence electrons. The number of hydrazine groups is 1. The second kappa shape index (κ2) is 14.6. The van der Waals surface area contributed by atoms with Gasteiger partial charge < -0.3 is 27.7 Å². The summed E-state index contributed by atoms with van der Waals surface area (Å²) in [5.74, 6) is 10.3. The van der Waals surface area contributed by atoms with Crippen molar-refractivity contribution in [3.63, 3.8) is 0 Å². The van der Waals surface area contributed by atoms with Gasteiger partial charge in [-0.3, -0.25) is 9.80 Å². The molecule has 0 aromatic heterocycles. The van der Waals surface area contributed by atoms with Crippen LogP contribution >= 0.6 is 0 Å². The number of nitrogens with two attached hydrogens (primary N) is 4. The molecule has 0 saturated heterocycles. The molecule has 2 unspecified atom stereocenters. The van der Waals surface area contributed by atoms with E-state index in [-0.39, 0.29) is 11.9 Å². The number of hydrogen-bond donors (Lipinski definition) is 6. The van der Waals surface area contributed by atoms with Gasteiger partial charge in [-0.05, 0) is 36.6 Å². The molecule has 2 aromatic rings. The van der Waals surface area contributed by atoms with Gasteiger partial charge in [0.25, 0.3) is 0 Å². The molecule has 0 fully saturated rings. The summed E-state index contributed by atoms with van der Waals surface area (Å²) in [5.41, 5.74) is 13.5. The van der Waals surface area contributed by atoms with Crippen molar-refractivity contribution >= 4 is 23.2 Å². The van der Waals surface area contributed by atoms with Crippen molar-refractivity contribution in [2.45, 2.75) is 45.7 Å². The van der Waals surface area contributed by atoms with E-state index in [0.29, 0.717) is 43.1 Å². The zero-order chi connectivity index (χ0) is 24.8. The standard InChI is InChI=1S/C12H21N5.C11H15FN2O2/c1-2-11(13)8-12(16-14)17(15)9-10-6-4-3-5-7-10;1-7(11(15)16)4-5-14-10-6-8(12)2-3-9(10)13/h3-7,11H,2,8-9,13-15H2,1H3;2-3,6-7,14H,4-5,13H2,1H3,(H,15,16)/b16-12-;. The Hall–Kier alpha value is -3.37. The van der Waals surface area contributed by atoms with Crippen molar-refractivity contribution in [1.82, 2.24) is 5.01 Å². The fourth-order valence-corrected chi connectivity index (χ4v) is 2.72. The minimum Gasteiger partial charge on any atom is -0.481 e. The quantitative estimate of drug-likeness (QED) is 0.103. The van der Waals surface area contributed by atoms with Crippen molar-refractivity contribution in [3.8, 4) is 0 Å². The van der Waals surface area contributed by atoms with Gasteiger partial charge in [-0.15, -0.1) is 0 Å². The number of nitrogens with zero attached hydrogens (tertiary/aromatic N) is 2. The molecule has 2 rings (SSSR count). The van der Waals surface area contributed by atoms with Crippen molar-refractivity contribution < 1.29 is 14.3 Å². The topological polar surface area (TPSA) is 169 Å². The summed E-state index contributed by atoms with van der Waals surface area (Å²) >= 11 is 0. The number of nitrogens with one attached hydrogen (secondary N) is 1. The van der Waals surface area contributed by atoms with Gasteiger partial charge in [0.2, 0.25) is 0 Å². The van der Waals surface area contributed by atoms with E-state index in [4.69, 9.17) is 28.3 Å². The van der Waals surface area contributed by atoms with Gasteiger partial charge in [0, 0.05) is 19.0 Å². The van der Waals surface area contributed by atoms with E-state index in [0.717, 1.165) is 12.0 Å². The van der Waals surface area contributed by atoms with E-state index < -0.39 is 11.9 Å². The van der Waals surface area contributed by atoms with E-state index in [1.54, 1.807) is 11.9 Å². The number of carbonyl (C=O) groups is 1. The average Bonchev–Trinajstić information content (AvgIpc) is 2.80. The maximum Gasteiger partial charge on any atom is 0.306 e. The van der Waals surface area contributed by atoms with Crippen LogP contribution in [0.4, 0.5) is 15.8 Å². The molecule has 0 aliphatic rings. The van der Waals surface area contributed by atoms with Gasteiger partial charge in [0.05, 0.1) is 23.8 Å². The van der Waals surface area contributed by atoms with Crippen LogP contribution in [0, 0.1) is 11.7 Å². The lowest BCUT2D eigenvalue weighted by molar-refractivity contribution is -0.141. The average molecular weight is 462 g/mol. The van der Waals surface area contributed by atoms with Gasteiger partial charge in [0.15, 0.2) is 0 Å². The molecule has 0 aliphatic heterocycles. The number of rotatable bonds is 10. The SMILES string of the molecule is CC(CCNc1cc(F)ccc1N)C(=O)O.CCC(N)C/C(=N/N)N(N)Cc1ccccc1. The molecular weight excluding hydrogens is 425 g/mol. The number of carboxylic acid groups (broad SMARTS) is 1. The minimum atomic E-state index is -0.839. The Labute approximate surface area is 194 Å². The van der Waals surface area contributed by atoms with Crippen LogP contribution in [0.3, 0.4) is 0 Å². The van der Waals surface area contributed by atoms with Crippen molar-refractivity contribution in [3.05, 3.63) is 59.9 Å². The van der Waals surface area contributed by atoms with Gasteiger partial charge >= 0.3 is 5.97 Å². The van der Waals surface area contributed by atoms with E-state index in [1.807, 2.05) is 37.3 Å². The molecule has 0 amide bonds. The molecule has 10 heteroatoms. The maximum atomic E-state index is 12.9. The molecule has 10 N–H and O–H groups in total. The smallest absolute Gasteiger partial charge is 0.306 e. The predicted molar refractivity (Wildman–Crippen MR) is 131 cm³/mol. The summed E-state index contributed by atoms with van der Waals surface area (Å²) < 4.78 is 12.9. The van der Waals surface area contributed by atoms with Gasteiger partial charge in [0.1, 0.15) is 11.7 Å². The van der Waals surface area contributed by atoms with E-state index in [2.05, 4.69) is 10.4 Å². The number of benzene rings is 2. The van der Waals surface area contributed by atoms with Crippen LogP contribution in [0.25, 0.3) is 0 Å².